The van der Waals surface area contributed by atoms with Gasteiger partial charge >= 0.3 is 6.09 Å². The van der Waals surface area contributed by atoms with Gasteiger partial charge in [-0.3, -0.25) is 0 Å². The van der Waals surface area contributed by atoms with Gasteiger partial charge in [0, 0.05) is 12.1 Å². The van der Waals surface area contributed by atoms with Gasteiger partial charge in [-0.05, 0) is 63.4 Å². The summed E-state index contributed by atoms with van der Waals surface area (Å²) in [5.74, 6) is 1.03. The van der Waals surface area contributed by atoms with Crippen LogP contribution in [-0.2, 0) is 19.6 Å². The molecule has 196 valence electrons. The fraction of sp³-hybridized carbons (Fsp3) is 0.448. The highest BCUT2D eigenvalue weighted by atomic mass is 16.6. The largest absolute Gasteiger partial charge is 0.508 e. The van der Waals surface area contributed by atoms with E-state index < -0.39 is 5.60 Å². The van der Waals surface area contributed by atoms with Crippen molar-refractivity contribution < 1.29 is 28.6 Å². The molecule has 1 saturated carbocycles. The van der Waals surface area contributed by atoms with Crippen molar-refractivity contribution in [2.75, 3.05) is 32.9 Å². The lowest BCUT2D eigenvalue weighted by molar-refractivity contribution is -0.0751. The number of benzene rings is 2. The smallest absolute Gasteiger partial charge is 0.410 e. The zero-order chi connectivity index (χ0) is 26.0. The molecule has 0 unspecified atom stereocenters. The summed E-state index contributed by atoms with van der Waals surface area (Å²) in [5, 5.41) is 14.2. The van der Waals surface area contributed by atoms with Crippen molar-refractivity contribution in [1.82, 2.24) is 10.1 Å². The molecular weight excluding hydrogens is 472 g/mol. The van der Waals surface area contributed by atoms with Crippen LogP contribution in [0.5, 0.6) is 5.75 Å². The number of hydrogen-bond donors (Lipinski definition) is 1. The summed E-state index contributed by atoms with van der Waals surface area (Å²) in [6.07, 6.45) is 1.34. The summed E-state index contributed by atoms with van der Waals surface area (Å²) in [5.41, 5.74) is 2.81. The van der Waals surface area contributed by atoms with Gasteiger partial charge in [-0.2, -0.15) is 0 Å². The van der Waals surface area contributed by atoms with Crippen LogP contribution in [0.15, 0.2) is 59.1 Å². The first-order valence-corrected chi connectivity index (χ1v) is 12.8. The van der Waals surface area contributed by atoms with Crippen molar-refractivity contribution in [1.29, 1.82) is 0 Å². The van der Waals surface area contributed by atoms with Crippen molar-refractivity contribution >= 4 is 6.09 Å². The monoisotopic (exact) mass is 506 g/mol. The molecule has 8 heteroatoms. The molecule has 1 aliphatic carbocycles. The van der Waals surface area contributed by atoms with Crippen LogP contribution in [0.1, 0.15) is 39.4 Å². The molecule has 0 spiro atoms. The Morgan fingerprint density at radius 1 is 1.11 bits per heavy atom. The second kappa shape index (κ2) is 10.2. The van der Waals surface area contributed by atoms with E-state index in [0.717, 1.165) is 41.0 Å². The normalized spacial score (nSPS) is 19.0. The zero-order valence-corrected chi connectivity index (χ0v) is 21.6. The first-order chi connectivity index (χ1) is 17.7. The molecule has 1 amide bonds. The third kappa shape index (κ3) is 5.81. The Balaban J connectivity index is 1.29. The minimum absolute atomic E-state index is 0.205. The molecule has 1 saturated heterocycles. The van der Waals surface area contributed by atoms with Gasteiger partial charge in [-0.1, -0.05) is 35.5 Å². The minimum atomic E-state index is -0.535. The summed E-state index contributed by atoms with van der Waals surface area (Å²) in [7, 11) is 0. The van der Waals surface area contributed by atoms with Gasteiger partial charge in [0.15, 0.2) is 5.76 Å². The zero-order valence-electron chi connectivity index (χ0n) is 21.6. The lowest BCUT2D eigenvalue weighted by Crippen LogP contribution is -2.48. The lowest BCUT2D eigenvalue weighted by atomic mass is 9.92. The fourth-order valence-corrected chi connectivity index (χ4v) is 4.63. The number of amides is 1. The first kappa shape index (κ1) is 25.3. The van der Waals surface area contributed by atoms with E-state index in [-0.39, 0.29) is 23.4 Å². The maximum Gasteiger partial charge on any atom is 0.410 e. The summed E-state index contributed by atoms with van der Waals surface area (Å²) in [6.45, 7) is 7.83. The van der Waals surface area contributed by atoms with Gasteiger partial charge in [-0.25, -0.2) is 4.79 Å². The van der Waals surface area contributed by atoms with Crippen molar-refractivity contribution in [2.45, 2.75) is 50.7 Å². The number of carbonyl (C=O) groups is 1. The number of hydrogen-bond acceptors (Lipinski definition) is 7. The molecule has 2 heterocycles. The Bertz CT molecular complexity index is 1210. The van der Waals surface area contributed by atoms with E-state index >= 15 is 0 Å². The SMILES string of the molecule is CC(C)(C)OC(=O)N1CCO[C@@H](COCC2(c3onc(-c4ccc(O)cc4)c3-c3ccccc3)CC2)C1. The highest BCUT2D eigenvalue weighted by Crippen LogP contribution is 2.53. The van der Waals surface area contributed by atoms with Crippen molar-refractivity contribution in [2.24, 2.45) is 0 Å². The Kier molecular flexibility index (Phi) is 6.96. The van der Waals surface area contributed by atoms with E-state index in [0.29, 0.717) is 32.9 Å². The number of ether oxygens (including phenoxy) is 3. The minimum Gasteiger partial charge on any atom is -0.508 e. The summed E-state index contributed by atoms with van der Waals surface area (Å²) >= 11 is 0. The van der Waals surface area contributed by atoms with E-state index in [1.807, 2.05) is 51.1 Å². The Morgan fingerprint density at radius 2 is 1.84 bits per heavy atom. The summed E-state index contributed by atoms with van der Waals surface area (Å²) in [6, 6.07) is 17.1. The predicted molar refractivity (Wildman–Crippen MR) is 138 cm³/mol. The van der Waals surface area contributed by atoms with Crippen LogP contribution in [0.2, 0.25) is 0 Å². The van der Waals surface area contributed by atoms with E-state index in [1.165, 1.54) is 0 Å². The number of carbonyl (C=O) groups excluding carboxylic acids is 1. The number of morpholine rings is 1. The van der Waals surface area contributed by atoms with Crippen LogP contribution in [-0.4, -0.2) is 65.9 Å². The second-order valence-corrected chi connectivity index (χ2v) is 10.9. The molecule has 3 aromatic rings. The van der Waals surface area contributed by atoms with Gasteiger partial charge in [-0.15, -0.1) is 0 Å². The van der Waals surface area contributed by atoms with Crippen LogP contribution < -0.4 is 0 Å². The molecule has 1 aliphatic heterocycles. The Labute approximate surface area is 217 Å². The molecule has 1 aromatic heterocycles. The maximum absolute atomic E-state index is 12.5. The predicted octanol–water partition coefficient (Wildman–Crippen LogP) is 5.40. The molecular formula is C29H34N2O6. The third-order valence-electron chi connectivity index (χ3n) is 6.70. The molecule has 8 nitrogen and oxygen atoms in total. The number of aromatic nitrogens is 1. The quantitative estimate of drug-likeness (QED) is 0.459. The number of phenols is 1. The van der Waals surface area contributed by atoms with Crippen molar-refractivity contribution in [3.8, 4) is 28.1 Å². The lowest BCUT2D eigenvalue weighted by Gasteiger charge is -2.34. The number of nitrogens with zero attached hydrogens (tertiary/aromatic N) is 2. The number of aromatic hydroxyl groups is 1. The third-order valence-corrected chi connectivity index (χ3v) is 6.70. The Morgan fingerprint density at radius 3 is 2.51 bits per heavy atom. The summed E-state index contributed by atoms with van der Waals surface area (Å²) in [4.78, 5) is 14.2. The highest BCUT2D eigenvalue weighted by Gasteiger charge is 2.50. The average Bonchev–Trinajstić information content (AvgIpc) is 3.52. The van der Waals surface area contributed by atoms with E-state index in [9.17, 15) is 9.90 Å². The van der Waals surface area contributed by atoms with Gasteiger partial charge < -0.3 is 28.7 Å². The van der Waals surface area contributed by atoms with Gasteiger partial charge in [0.05, 0.1) is 43.4 Å². The van der Waals surface area contributed by atoms with E-state index in [4.69, 9.17) is 18.7 Å². The van der Waals surface area contributed by atoms with Crippen LogP contribution in [0.3, 0.4) is 0 Å². The van der Waals surface area contributed by atoms with Gasteiger partial charge in [0.1, 0.15) is 17.0 Å². The molecule has 2 aromatic carbocycles. The van der Waals surface area contributed by atoms with Crippen LogP contribution in [0, 0.1) is 0 Å². The standard InChI is InChI=1S/C29H34N2O6/c1-28(2,3)36-27(33)31-15-16-35-23(17-31)18-34-19-29(13-14-29)26-24(20-7-5-4-6-8-20)25(30-37-26)21-9-11-22(32)12-10-21/h4-12,23,32H,13-19H2,1-3H3/t23-/m1/s1. The van der Waals surface area contributed by atoms with E-state index in [2.05, 4.69) is 17.3 Å². The van der Waals surface area contributed by atoms with Crippen molar-refractivity contribution in [3.63, 3.8) is 0 Å². The number of phenolic OH excluding ortho intramolecular Hbond substituents is 1. The van der Waals surface area contributed by atoms with Crippen LogP contribution in [0.4, 0.5) is 4.79 Å². The molecule has 5 rings (SSSR count). The molecule has 1 atom stereocenters. The highest BCUT2D eigenvalue weighted by molar-refractivity contribution is 5.83. The summed E-state index contributed by atoms with van der Waals surface area (Å²) < 4.78 is 23.6. The van der Waals surface area contributed by atoms with Crippen LogP contribution in [0.25, 0.3) is 22.4 Å². The number of rotatable bonds is 7. The molecule has 0 bridgehead atoms. The van der Waals surface area contributed by atoms with Gasteiger partial charge in [0.25, 0.3) is 0 Å². The van der Waals surface area contributed by atoms with Crippen LogP contribution >= 0.6 is 0 Å². The topological polar surface area (TPSA) is 94.3 Å². The fourth-order valence-electron chi connectivity index (χ4n) is 4.63. The van der Waals surface area contributed by atoms with E-state index in [1.54, 1.807) is 17.0 Å². The molecule has 0 radical (unpaired) electrons. The molecule has 1 N–H and O–H groups in total. The average molecular weight is 507 g/mol. The van der Waals surface area contributed by atoms with Crippen molar-refractivity contribution in [3.05, 3.63) is 60.4 Å². The first-order valence-electron chi connectivity index (χ1n) is 12.8. The molecule has 37 heavy (non-hydrogen) atoms. The molecule has 2 aliphatic rings. The second-order valence-electron chi connectivity index (χ2n) is 10.9. The van der Waals surface area contributed by atoms with Gasteiger partial charge in [0.2, 0.25) is 0 Å². The molecule has 2 fully saturated rings. The maximum atomic E-state index is 12.5. The Hall–Kier alpha value is -3.36.